The van der Waals surface area contributed by atoms with E-state index in [0.29, 0.717) is 16.4 Å². The van der Waals surface area contributed by atoms with E-state index < -0.39 is 32.5 Å². The van der Waals surface area contributed by atoms with Gasteiger partial charge in [-0.15, -0.1) is 0 Å². The van der Waals surface area contributed by atoms with Gasteiger partial charge in [0.15, 0.2) is 0 Å². The maximum absolute atomic E-state index is 13.5. The third-order valence-corrected chi connectivity index (χ3v) is 9.06. The highest BCUT2D eigenvalue weighted by atomic mass is 35.5. The highest BCUT2D eigenvalue weighted by molar-refractivity contribution is 7.93. The lowest BCUT2D eigenvalue weighted by Crippen LogP contribution is -2.38. The van der Waals surface area contributed by atoms with E-state index in [1.54, 1.807) is 32.0 Å². The van der Waals surface area contributed by atoms with Crippen molar-refractivity contribution in [1.29, 1.82) is 0 Å². The number of aryl methyl sites for hydroxylation is 2. The minimum absolute atomic E-state index is 0.0575. The monoisotopic (exact) mass is 619 g/mol. The number of hydrogen-bond acceptors (Lipinski definition) is 7. The lowest BCUT2D eigenvalue weighted by molar-refractivity contribution is -0.114. The van der Waals surface area contributed by atoms with Crippen LogP contribution in [0.15, 0.2) is 88.7 Å². The van der Waals surface area contributed by atoms with Crippen molar-refractivity contribution in [1.82, 2.24) is 9.97 Å². The molecule has 0 saturated heterocycles. The number of carbonyl (C=O) groups is 1. The number of halogens is 2. The van der Waals surface area contributed by atoms with Gasteiger partial charge in [0.2, 0.25) is 11.9 Å². The number of amides is 1. The Labute approximate surface area is 242 Å². The highest BCUT2D eigenvalue weighted by Gasteiger charge is 2.27. The summed E-state index contributed by atoms with van der Waals surface area (Å²) in [5.41, 5.74) is 1.64. The Hall–Kier alpha value is -3.71. The number of anilines is 3. The van der Waals surface area contributed by atoms with Crippen molar-refractivity contribution in [2.45, 2.75) is 23.6 Å². The van der Waals surface area contributed by atoms with Crippen LogP contribution in [0.2, 0.25) is 10.0 Å². The van der Waals surface area contributed by atoms with Crippen molar-refractivity contribution < 1.29 is 21.6 Å². The molecule has 0 fully saturated rings. The van der Waals surface area contributed by atoms with Crippen LogP contribution in [0.3, 0.4) is 0 Å². The van der Waals surface area contributed by atoms with Crippen LogP contribution >= 0.6 is 23.2 Å². The Morgan fingerprint density at radius 3 is 2.00 bits per heavy atom. The molecule has 0 unspecified atom stereocenters. The van der Waals surface area contributed by atoms with Crippen molar-refractivity contribution in [2.24, 2.45) is 0 Å². The molecule has 3 aromatic carbocycles. The normalized spacial score (nSPS) is 11.6. The van der Waals surface area contributed by atoms with Crippen molar-refractivity contribution in [3.05, 3.63) is 100 Å². The summed E-state index contributed by atoms with van der Waals surface area (Å²) in [7, 11) is -8.18. The predicted molar refractivity (Wildman–Crippen MR) is 155 cm³/mol. The summed E-state index contributed by atoms with van der Waals surface area (Å²) in [5, 5.41) is 3.23. The van der Waals surface area contributed by atoms with Gasteiger partial charge in [0.25, 0.3) is 20.0 Å². The van der Waals surface area contributed by atoms with Crippen LogP contribution in [0.4, 0.5) is 17.3 Å². The van der Waals surface area contributed by atoms with Crippen LogP contribution in [0.5, 0.6) is 0 Å². The molecule has 1 heterocycles. The van der Waals surface area contributed by atoms with Crippen LogP contribution < -0.4 is 14.3 Å². The van der Waals surface area contributed by atoms with Gasteiger partial charge in [-0.2, -0.15) is 0 Å². The zero-order valence-electron chi connectivity index (χ0n) is 21.2. The topological polar surface area (TPSA) is 138 Å². The molecule has 0 aliphatic carbocycles. The van der Waals surface area contributed by atoms with Crippen molar-refractivity contribution in [3.63, 3.8) is 0 Å². The van der Waals surface area contributed by atoms with Crippen LogP contribution in [0.1, 0.15) is 11.4 Å². The van der Waals surface area contributed by atoms with Crippen molar-refractivity contribution in [3.8, 4) is 0 Å². The second-order valence-corrected chi connectivity index (χ2v) is 13.0. The molecule has 1 aromatic heterocycles. The first-order chi connectivity index (χ1) is 18.8. The van der Waals surface area contributed by atoms with E-state index in [1.807, 2.05) is 0 Å². The molecule has 208 valence electrons. The third-order valence-electron chi connectivity index (χ3n) is 5.44. The fraction of sp³-hybridized carbons (Fsp3) is 0.115. The van der Waals surface area contributed by atoms with Gasteiger partial charge >= 0.3 is 0 Å². The molecule has 4 aromatic rings. The van der Waals surface area contributed by atoms with Crippen LogP contribution in [0, 0.1) is 13.8 Å². The number of carbonyl (C=O) groups excluding carboxylic acids is 1. The second kappa shape index (κ2) is 11.8. The third kappa shape index (κ3) is 7.07. The first-order valence-electron chi connectivity index (χ1n) is 11.6. The predicted octanol–water partition coefficient (Wildman–Crippen LogP) is 5.04. The average molecular weight is 621 g/mol. The quantitative estimate of drug-likeness (QED) is 0.268. The molecule has 0 atom stereocenters. The summed E-state index contributed by atoms with van der Waals surface area (Å²) < 4.78 is 55.8. The summed E-state index contributed by atoms with van der Waals surface area (Å²) in [6.45, 7) is 2.85. The molecular weight excluding hydrogens is 597 g/mol. The molecule has 14 heteroatoms. The smallest absolute Gasteiger partial charge is 0.264 e. The highest BCUT2D eigenvalue weighted by Crippen LogP contribution is 2.27. The van der Waals surface area contributed by atoms with E-state index in [9.17, 15) is 21.6 Å². The Kier molecular flexibility index (Phi) is 8.64. The molecule has 2 N–H and O–H groups in total. The summed E-state index contributed by atoms with van der Waals surface area (Å²) in [6, 6.07) is 18.7. The molecule has 0 radical (unpaired) electrons. The maximum atomic E-state index is 13.5. The minimum atomic E-state index is -4.18. The second-order valence-electron chi connectivity index (χ2n) is 8.60. The Bertz CT molecular complexity index is 1750. The van der Waals surface area contributed by atoms with Gasteiger partial charge in [0.05, 0.1) is 15.5 Å². The van der Waals surface area contributed by atoms with Crippen LogP contribution in [-0.2, 0) is 24.8 Å². The molecule has 10 nitrogen and oxygen atoms in total. The van der Waals surface area contributed by atoms with Gasteiger partial charge in [-0.05, 0) is 86.6 Å². The molecule has 0 bridgehead atoms. The minimum Gasteiger partial charge on any atom is -0.325 e. The van der Waals surface area contributed by atoms with Gasteiger partial charge in [0, 0.05) is 27.1 Å². The number of hydrogen-bond donors (Lipinski definition) is 2. The summed E-state index contributed by atoms with van der Waals surface area (Å²) in [6.07, 6.45) is 0. The van der Waals surface area contributed by atoms with Gasteiger partial charge in [-0.3, -0.25) is 9.10 Å². The van der Waals surface area contributed by atoms with Crippen LogP contribution in [0.25, 0.3) is 0 Å². The van der Waals surface area contributed by atoms with Gasteiger partial charge in [-0.25, -0.2) is 31.5 Å². The van der Waals surface area contributed by atoms with E-state index in [2.05, 4.69) is 20.0 Å². The number of nitrogens with one attached hydrogen (secondary N) is 2. The first kappa shape index (κ1) is 29.3. The van der Waals surface area contributed by atoms with Crippen molar-refractivity contribution in [2.75, 3.05) is 20.9 Å². The van der Waals surface area contributed by atoms with Crippen LogP contribution in [-0.4, -0.2) is 39.3 Å². The van der Waals surface area contributed by atoms with Gasteiger partial charge in [-0.1, -0.05) is 29.3 Å². The Morgan fingerprint density at radius 1 is 0.800 bits per heavy atom. The van der Waals surface area contributed by atoms with Gasteiger partial charge in [0.1, 0.15) is 6.54 Å². The van der Waals surface area contributed by atoms with E-state index in [4.69, 9.17) is 23.2 Å². The van der Waals surface area contributed by atoms with E-state index in [0.717, 1.165) is 4.31 Å². The molecule has 0 saturated carbocycles. The fourth-order valence-corrected chi connectivity index (χ4v) is 6.35. The molecular formula is C26H23Cl2N5O5S2. The zero-order valence-corrected chi connectivity index (χ0v) is 24.3. The van der Waals surface area contributed by atoms with Crippen molar-refractivity contribution >= 4 is 66.5 Å². The number of rotatable bonds is 9. The lowest BCUT2D eigenvalue weighted by atomic mass is 10.3. The Morgan fingerprint density at radius 2 is 1.40 bits per heavy atom. The van der Waals surface area contributed by atoms with E-state index >= 15 is 0 Å². The molecule has 0 aliphatic heterocycles. The largest absolute Gasteiger partial charge is 0.325 e. The standard InChI is InChI=1S/C26H23Cl2N5O5S2/c1-17-14-18(2)30-26(29-17)32-39(35,36)23-12-8-21(9-13-23)31-25(34)16-33(22-5-3-4-20(28)15-22)40(37,38)24-10-6-19(27)7-11-24/h3-15H,16H2,1-2H3,(H,31,34)(H,29,30,32). The number of sulfonamides is 2. The fourth-order valence-electron chi connectivity index (χ4n) is 3.68. The number of nitrogens with zero attached hydrogens (tertiary/aromatic N) is 3. The molecule has 4 rings (SSSR count). The SMILES string of the molecule is Cc1cc(C)nc(NS(=O)(=O)c2ccc(NC(=O)CN(c3cccc(Cl)c3)S(=O)(=O)c3ccc(Cl)cc3)cc2)n1. The van der Waals surface area contributed by atoms with E-state index in [-0.39, 0.29) is 32.1 Å². The number of benzene rings is 3. The lowest BCUT2D eigenvalue weighted by Gasteiger charge is -2.24. The van der Waals surface area contributed by atoms with Gasteiger partial charge < -0.3 is 5.32 Å². The molecule has 0 spiro atoms. The maximum Gasteiger partial charge on any atom is 0.264 e. The zero-order chi connectivity index (χ0) is 29.1. The first-order valence-corrected chi connectivity index (χ1v) is 15.3. The summed E-state index contributed by atoms with van der Waals surface area (Å²) in [4.78, 5) is 21.0. The molecule has 40 heavy (non-hydrogen) atoms. The molecule has 0 aliphatic rings. The van der Waals surface area contributed by atoms with E-state index in [1.165, 1.54) is 60.7 Å². The summed E-state index contributed by atoms with van der Waals surface area (Å²) >= 11 is 12.0. The molecule has 1 amide bonds. The Balaban J connectivity index is 1.53. The summed E-state index contributed by atoms with van der Waals surface area (Å²) in [5.74, 6) is -0.729. The number of aromatic nitrogens is 2. The average Bonchev–Trinajstić information content (AvgIpc) is 2.87.